The molecule has 15 heavy (non-hydrogen) atoms. The van der Waals surface area contributed by atoms with Crippen LogP contribution in [0.5, 0.6) is 0 Å². The van der Waals surface area contributed by atoms with Crippen molar-refractivity contribution in [2.24, 2.45) is 4.99 Å². The zero-order valence-corrected chi connectivity index (χ0v) is 10.4. The van der Waals surface area contributed by atoms with Gasteiger partial charge in [0, 0.05) is 46.0 Å². The molecule has 0 radical (unpaired) electrons. The van der Waals surface area contributed by atoms with Gasteiger partial charge in [0.25, 0.3) is 0 Å². The van der Waals surface area contributed by atoms with Gasteiger partial charge in [-0.25, -0.2) is 0 Å². The maximum atomic E-state index is 4.02. The van der Waals surface area contributed by atoms with Crippen LogP contribution in [0.3, 0.4) is 0 Å². The average molecular weight is 214 g/mol. The van der Waals surface area contributed by atoms with Gasteiger partial charge >= 0.3 is 0 Å². The van der Waals surface area contributed by atoms with Gasteiger partial charge in [0.05, 0.1) is 0 Å². The molecule has 0 rings (SSSR count). The first-order chi connectivity index (χ1) is 7.35. The highest BCUT2D eigenvalue weighted by Crippen LogP contribution is 1.88. The summed E-state index contributed by atoms with van der Waals surface area (Å²) in [5.41, 5.74) is 0. The summed E-state index contributed by atoms with van der Waals surface area (Å²) in [5, 5.41) is 6.52. The van der Waals surface area contributed by atoms with E-state index in [4.69, 9.17) is 0 Å². The minimum absolute atomic E-state index is 0.970. The van der Waals surface area contributed by atoms with E-state index < -0.39 is 0 Å². The summed E-state index contributed by atoms with van der Waals surface area (Å²) < 4.78 is 0. The quantitative estimate of drug-likeness (QED) is 0.403. The Bertz CT molecular complexity index is 148. The topological polar surface area (TPSA) is 39.7 Å². The van der Waals surface area contributed by atoms with Gasteiger partial charge in [0.2, 0.25) is 0 Å². The maximum absolute atomic E-state index is 4.02. The van der Waals surface area contributed by atoms with E-state index in [0.717, 1.165) is 39.3 Å². The van der Waals surface area contributed by atoms with Crippen LogP contribution in [0.4, 0.5) is 0 Å². The number of aliphatic imine (C=N–C) groups is 1. The number of hydrogen-bond donors (Lipinski definition) is 2. The second-order valence-electron chi connectivity index (χ2n) is 3.59. The minimum Gasteiger partial charge on any atom is -0.318 e. The van der Waals surface area contributed by atoms with Crippen molar-refractivity contribution in [2.45, 2.75) is 13.3 Å². The van der Waals surface area contributed by atoms with Crippen LogP contribution < -0.4 is 10.6 Å². The van der Waals surface area contributed by atoms with Crippen LogP contribution in [0.15, 0.2) is 4.99 Å². The summed E-state index contributed by atoms with van der Waals surface area (Å²) >= 11 is 0. The van der Waals surface area contributed by atoms with Crippen LogP contribution in [-0.2, 0) is 0 Å². The molecule has 0 aliphatic rings. The SMILES string of the molecule is CCCN(CC=NC)CCNCCNC. The Balaban J connectivity index is 3.47. The zero-order chi connectivity index (χ0) is 11.4. The molecule has 0 fully saturated rings. The first-order valence-corrected chi connectivity index (χ1v) is 5.83. The highest BCUT2D eigenvalue weighted by Gasteiger charge is 2.00. The molecule has 0 heterocycles. The molecule has 0 aliphatic carbocycles. The normalized spacial score (nSPS) is 11.7. The van der Waals surface area contributed by atoms with Crippen molar-refractivity contribution in [1.82, 2.24) is 15.5 Å². The van der Waals surface area contributed by atoms with Crippen LogP contribution in [0.2, 0.25) is 0 Å². The van der Waals surface area contributed by atoms with Gasteiger partial charge in [-0.05, 0) is 20.0 Å². The lowest BCUT2D eigenvalue weighted by atomic mass is 10.4. The van der Waals surface area contributed by atoms with Crippen molar-refractivity contribution in [3.05, 3.63) is 0 Å². The molecule has 90 valence electrons. The summed E-state index contributed by atoms with van der Waals surface area (Å²) in [6.45, 7) is 8.56. The highest BCUT2D eigenvalue weighted by atomic mass is 15.1. The Hall–Kier alpha value is -0.450. The van der Waals surface area contributed by atoms with E-state index in [2.05, 4.69) is 27.4 Å². The Morgan fingerprint density at radius 2 is 2.00 bits per heavy atom. The van der Waals surface area contributed by atoms with Crippen LogP contribution in [0.1, 0.15) is 13.3 Å². The Morgan fingerprint density at radius 3 is 2.60 bits per heavy atom. The molecule has 0 aromatic rings. The van der Waals surface area contributed by atoms with E-state index in [1.165, 1.54) is 6.42 Å². The largest absolute Gasteiger partial charge is 0.318 e. The highest BCUT2D eigenvalue weighted by molar-refractivity contribution is 5.59. The van der Waals surface area contributed by atoms with E-state index in [-0.39, 0.29) is 0 Å². The lowest BCUT2D eigenvalue weighted by Crippen LogP contribution is -2.36. The summed E-state index contributed by atoms with van der Waals surface area (Å²) in [5.74, 6) is 0. The molecule has 4 nitrogen and oxygen atoms in total. The standard InChI is InChI=1S/C11H26N4/c1-4-9-15(10-7-13-3)11-8-14-6-5-12-2/h7,12,14H,4-6,8-11H2,1-3H3. The summed E-state index contributed by atoms with van der Waals surface area (Å²) in [6, 6.07) is 0. The molecule has 0 saturated heterocycles. The monoisotopic (exact) mass is 214 g/mol. The third-order valence-corrected chi connectivity index (χ3v) is 2.22. The van der Waals surface area contributed by atoms with Gasteiger partial charge in [-0.3, -0.25) is 9.89 Å². The van der Waals surface area contributed by atoms with Gasteiger partial charge in [-0.2, -0.15) is 0 Å². The van der Waals surface area contributed by atoms with E-state index in [1.54, 1.807) is 0 Å². The van der Waals surface area contributed by atoms with E-state index in [0.29, 0.717) is 0 Å². The van der Waals surface area contributed by atoms with Crippen molar-refractivity contribution in [3.63, 3.8) is 0 Å². The lowest BCUT2D eigenvalue weighted by molar-refractivity contribution is 0.312. The molecule has 0 spiro atoms. The molecular weight excluding hydrogens is 188 g/mol. The third-order valence-electron chi connectivity index (χ3n) is 2.22. The molecular formula is C11H26N4. The van der Waals surface area contributed by atoms with E-state index >= 15 is 0 Å². The summed E-state index contributed by atoms with van der Waals surface area (Å²) in [4.78, 5) is 6.43. The first kappa shape index (κ1) is 14.6. The van der Waals surface area contributed by atoms with Crippen molar-refractivity contribution < 1.29 is 0 Å². The van der Waals surface area contributed by atoms with Gasteiger partial charge in [0.1, 0.15) is 0 Å². The number of rotatable bonds is 10. The van der Waals surface area contributed by atoms with E-state index in [9.17, 15) is 0 Å². The molecule has 0 aromatic carbocycles. The van der Waals surface area contributed by atoms with Crippen LogP contribution in [0.25, 0.3) is 0 Å². The van der Waals surface area contributed by atoms with Crippen molar-refractivity contribution >= 4 is 6.21 Å². The molecule has 0 bridgehead atoms. The van der Waals surface area contributed by atoms with Crippen molar-refractivity contribution in [3.8, 4) is 0 Å². The fourth-order valence-electron chi connectivity index (χ4n) is 1.38. The second kappa shape index (κ2) is 11.6. The third kappa shape index (κ3) is 9.85. The van der Waals surface area contributed by atoms with Gasteiger partial charge in [0.15, 0.2) is 0 Å². The summed E-state index contributed by atoms with van der Waals surface area (Å²) in [6.07, 6.45) is 3.18. The van der Waals surface area contributed by atoms with Crippen LogP contribution in [0, 0.1) is 0 Å². The molecule has 4 heteroatoms. The Kier molecular flexibility index (Phi) is 11.3. The fourth-order valence-corrected chi connectivity index (χ4v) is 1.38. The molecule has 0 amide bonds. The van der Waals surface area contributed by atoms with Crippen LogP contribution >= 0.6 is 0 Å². The average Bonchev–Trinajstić information content (AvgIpc) is 2.25. The van der Waals surface area contributed by atoms with Crippen LogP contribution in [-0.4, -0.2) is 64.5 Å². The number of hydrogen-bond acceptors (Lipinski definition) is 4. The molecule has 0 aliphatic heterocycles. The molecule has 0 aromatic heterocycles. The molecule has 2 N–H and O–H groups in total. The van der Waals surface area contributed by atoms with Gasteiger partial charge in [-0.1, -0.05) is 6.92 Å². The number of likely N-dealkylation sites (N-methyl/N-ethyl adjacent to an activating group) is 1. The molecule has 0 unspecified atom stereocenters. The molecule has 0 atom stereocenters. The predicted molar refractivity (Wildman–Crippen MR) is 67.9 cm³/mol. The second-order valence-corrected chi connectivity index (χ2v) is 3.59. The number of nitrogens with zero attached hydrogens (tertiary/aromatic N) is 2. The van der Waals surface area contributed by atoms with Crippen molar-refractivity contribution in [1.29, 1.82) is 0 Å². The summed E-state index contributed by atoms with van der Waals surface area (Å²) in [7, 11) is 3.80. The Morgan fingerprint density at radius 1 is 1.20 bits per heavy atom. The van der Waals surface area contributed by atoms with Crippen molar-refractivity contribution in [2.75, 3.05) is 53.4 Å². The maximum Gasteiger partial charge on any atom is 0.0333 e. The fraction of sp³-hybridized carbons (Fsp3) is 0.909. The van der Waals surface area contributed by atoms with E-state index in [1.807, 2.05) is 20.3 Å². The first-order valence-electron chi connectivity index (χ1n) is 5.83. The zero-order valence-electron chi connectivity index (χ0n) is 10.4. The predicted octanol–water partition coefficient (Wildman–Crippen LogP) is 0.208. The molecule has 0 saturated carbocycles. The lowest BCUT2D eigenvalue weighted by Gasteiger charge is -2.19. The minimum atomic E-state index is 0.970. The van der Waals surface area contributed by atoms with Gasteiger partial charge in [-0.15, -0.1) is 0 Å². The smallest absolute Gasteiger partial charge is 0.0333 e. The number of nitrogens with one attached hydrogen (secondary N) is 2. The van der Waals surface area contributed by atoms with Gasteiger partial charge < -0.3 is 10.6 Å². The Labute approximate surface area is 94.1 Å².